The molecule has 1 atom stereocenters. The molecule has 124 valence electrons. The largest absolute Gasteiger partial charge is 0.487 e. The van der Waals surface area contributed by atoms with Crippen molar-refractivity contribution in [2.45, 2.75) is 12.5 Å². The average Bonchev–Trinajstić information content (AvgIpc) is 3.10. The van der Waals surface area contributed by atoms with Crippen LogP contribution in [0.5, 0.6) is 5.75 Å². The topological polar surface area (TPSA) is 64.1 Å². The molecule has 1 amide bonds. The number of carbonyl (C=O) groups excluding carboxylic acids is 1. The van der Waals surface area contributed by atoms with Crippen LogP contribution in [0.1, 0.15) is 15.9 Å². The van der Waals surface area contributed by atoms with Gasteiger partial charge in [-0.2, -0.15) is 0 Å². The van der Waals surface area contributed by atoms with Crippen LogP contribution in [0.4, 0.5) is 0 Å². The van der Waals surface area contributed by atoms with Gasteiger partial charge in [0.15, 0.2) is 5.82 Å². The first-order valence-corrected chi connectivity index (χ1v) is 8.20. The molecule has 1 aliphatic heterocycles. The molecule has 4 rings (SSSR count). The van der Waals surface area contributed by atoms with Gasteiger partial charge in [0.25, 0.3) is 5.91 Å². The molecule has 0 bridgehead atoms. The highest BCUT2D eigenvalue weighted by Crippen LogP contribution is 2.37. The van der Waals surface area contributed by atoms with Crippen LogP contribution in [0.2, 0.25) is 0 Å². The number of fused-ring (bicyclic) bond motifs is 1. The number of ether oxygens (including phenoxy) is 1. The lowest BCUT2D eigenvalue weighted by Crippen LogP contribution is -2.34. The Morgan fingerprint density at radius 3 is 2.64 bits per heavy atom. The number of amides is 1. The predicted octanol–water partition coefficient (Wildman–Crippen LogP) is 2.88. The monoisotopic (exact) mass is 331 g/mol. The minimum Gasteiger partial charge on any atom is -0.487 e. The normalized spacial score (nSPS) is 15.3. The number of rotatable bonds is 4. The standard InChI is InChI=1S/C20H17N3O2/c24-20(14-6-2-1-3-7-14)23-13-16-12-15-8-4-9-17(18(15)25-16)19-21-10-5-11-22-19/h1-11,16H,12-13H2,(H,23,24)/t16-/m1/s1. The minimum atomic E-state index is -0.0910. The molecule has 1 aromatic heterocycles. The van der Waals surface area contributed by atoms with Gasteiger partial charge in [0.2, 0.25) is 0 Å². The fourth-order valence-corrected chi connectivity index (χ4v) is 2.96. The summed E-state index contributed by atoms with van der Waals surface area (Å²) in [6, 6.07) is 17.0. The molecule has 5 heteroatoms. The van der Waals surface area contributed by atoms with Gasteiger partial charge in [-0.1, -0.05) is 30.3 Å². The summed E-state index contributed by atoms with van der Waals surface area (Å²) in [4.78, 5) is 20.8. The Bertz CT molecular complexity index is 882. The highest BCUT2D eigenvalue weighted by Gasteiger charge is 2.26. The van der Waals surface area contributed by atoms with E-state index in [-0.39, 0.29) is 12.0 Å². The first-order valence-electron chi connectivity index (χ1n) is 8.20. The van der Waals surface area contributed by atoms with Crippen molar-refractivity contribution in [3.8, 4) is 17.1 Å². The summed E-state index contributed by atoms with van der Waals surface area (Å²) in [7, 11) is 0. The zero-order valence-electron chi connectivity index (χ0n) is 13.6. The zero-order chi connectivity index (χ0) is 17.1. The molecule has 2 aromatic carbocycles. The Balaban J connectivity index is 1.46. The summed E-state index contributed by atoms with van der Waals surface area (Å²) in [5.41, 5.74) is 2.65. The van der Waals surface area contributed by atoms with Crippen molar-refractivity contribution in [3.63, 3.8) is 0 Å². The van der Waals surface area contributed by atoms with E-state index < -0.39 is 0 Å². The van der Waals surface area contributed by atoms with E-state index in [9.17, 15) is 4.79 Å². The maximum Gasteiger partial charge on any atom is 0.251 e. The lowest BCUT2D eigenvalue weighted by Gasteiger charge is -2.13. The Labute approximate surface area is 145 Å². The third-order valence-corrected chi connectivity index (χ3v) is 4.16. The van der Waals surface area contributed by atoms with E-state index in [0.717, 1.165) is 23.3 Å². The molecule has 2 heterocycles. The summed E-state index contributed by atoms with van der Waals surface area (Å²) in [6.45, 7) is 0.456. The first-order chi connectivity index (χ1) is 12.3. The van der Waals surface area contributed by atoms with Crippen molar-refractivity contribution in [2.75, 3.05) is 6.54 Å². The smallest absolute Gasteiger partial charge is 0.251 e. The number of hydrogen-bond donors (Lipinski definition) is 1. The predicted molar refractivity (Wildman–Crippen MR) is 94.4 cm³/mol. The van der Waals surface area contributed by atoms with Gasteiger partial charge in [0.1, 0.15) is 11.9 Å². The van der Waals surface area contributed by atoms with Crippen LogP contribution in [0.25, 0.3) is 11.4 Å². The van der Waals surface area contributed by atoms with Crippen LogP contribution in [0, 0.1) is 0 Å². The van der Waals surface area contributed by atoms with Gasteiger partial charge in [-0.15, -0.1) is 0 Å². The van der Waals surface area contributed by atoms with Gasteiger partial charge in [0, 0.05) is 24.4 Å². The summed E-state index contributed by atoms with van der Waals surface area (Å²) < 4.78 is 6.08. The second-order valence-corrected chi connectivity index (χ2v) is 5.89. The molecule has 0 fully saturated rings. The zero-order valence-corrected chi connectivity index (χ0v) is 13.6. The third kappa shape index (κ3) is 3.21. The van der Waals surface area contributed by atoms with E-state index in [4.69, 9.17) is 4.74 Å². The molecule has 1 N–H and O–H groups in total. The Kier molecular flexibility index (Phi) is 4.12. The highest BCUT2D eigenvalue weighted by molar-refractivity contribution is 5.94. The van der Waals surface area contributed by atoms with Gasteiger partial charge in [-0.25, -0.2) is 9.97 Å². The average molecular weight is 331 g/mol. The number of carbonyl (C=O) groups is 1. The number of nitrogens with zero attached hydrogens (tertiary/aromatic N) is 2. The lowest BCUT2D eigenvalue weighted by molar-refractivity contribution is 0.0933. The molecular weight excluding hydrogens is 314 g/mol. The van der Waals surface area contributed by atoms with Crippen molar-refractivity contribution in [1.29, 1.82) is 0 Å². The van der Waals surface area contributed by atoms with Gasteiger partial charge >= 0.3 is 0 Å². The van der Waals surface area contributed by atoms with Crippen LogP contribution in [-0.2, 0) is 6.42 Å². The van der Waals surface area contributed by atoms with E-state index in [0.29, 0.717) is 17.9 Å². The van der Waals surface area contributed by atoms with Gasteiger partial charge in [-0.3, -0.25) is 4.79 Å². The summed E-state index contributed by atoms with van der Waals surface area (Å²) in [5.74, 6) is 1.37. The fraction of sp³-hybridized carbons (Fsp3) is 0.150. The number of hydrogen-bond acceptors (Lipinski definition) is 4. The van der Waals surface area contributed by atoms with Crippen molar-refractivity contribution in [2.24, 2.45) is 0 Å². The molecule has 0 aliphatic carbocycles. The van der Waals surface area contributed by atoms with Crippen LogP contribution < -0.4 is 10.1 Å². The Morgan fingerprint density at radius 1 is 1.04 bits per heavy atom. The van der Waals surface area contributed by atoms with Crippen LogP contribution >= 0.6 is 0 Å². The van der Waals surface area contributed by atoms with E-state index in [1.54, 1.807) is 30.6 Å². The molecular formula is C20H17N3O2. The SMILES string of the molecule is O=C(NC[C@H]1Cc2cccc(-c3ncccn3)c2O1)c1ccccc1. The second kappa shape index (κ2) is 6.73. The molecule has 0 saturated heterocycles. The van der Waals surface area contributed by atoms with E-state index in [1.165, 1.54) is 0 Å². The summed E-state index contributed by atoms with van der Waals surface area (Å²) in [6.07, 6.45) is 4.10. The number of nitrogens with one attached hydrogen (secondary N) is 1. The Morgan fingerprint density at radius 2 is 1.84 bits per heavy atom. The Hall–Kier alpha value is -3.21. The quantitative estimate of drug-likeness (QED) is 0.798. The number of aromatic nitrogens is 2. The molecule has 3 aromatic rings. The second-order valence-electron chi connectivity index (χ2n) is 5.89. The maximum atomic E-state index is 12.2. The minimum absolute atomic E-state index is 0.0903. The van der Waals surface area contributed by atoms with Crippen molar-refractivity contribution < 1.29 is 9.53 Å². The fourth-order valence-electron chi connectivity index (χ4n) is 2.96. The molecule has 25 heavy (non-hydrogen) atoms. The molecule has 5 nitrogen and oxygen atoms in total. The maximum absolute atomic E-state index is 12.2. The van der Waals surface area contributed by atoms with Gasteiger partial charge in [0.05, 0.1) is 12.1 Å². The van der Waals surface area contributed by atoms with Gasteiger partial charge < -0.3 is 10.1 Å². The molecule has 0 spiro atoms. The van der Waals surface area contributed by atoms with E-state index >= 15 is 0 Å². The van der Waals surface area contributed by atoms with Crippen molar-refractivity contribution in [1.82, 2.24) is 15.3 Å². The number of para-hydroxylation sites is 1. The van der Waals surface area contributed by atoms with E-state index in [1.807, 2.05) is 36.4 Å². The lowest BCUT2D eigenvalue weighted by atomic mass is 10.1. The van der Waals surface area contributed by atoms with Gasteiger partial charge in [-0.05, 0) is 29.8 Å². The summed E-state index contributed by atoms with van der Waals surface area (Å²) in [5, 5.41) is 2.94. The molecule has 0 unspecified atom stereocenters. The number of benzene rings is 2. The van der Waals surface area contributed by atoms with Crippen molar-refractivity contribution >= 4 is 5.91 Å². The molecule has 0 radical (unpaired) electrons. The highest BCUT2D eigenvalue weighted by atomic mass is 16.5. The first kappa shape index (κ1) is 15.3. The van der Waals surface area contributed by atoms with Crippen LogP contribution in [-0.4, -0.2) is 28.5 Å². The van der Waals surface area contributed by atoms with E-state index in [2.05, 4.69) is 15.3 Å². The molecule has 0 saturated carbocycles. The van der Waals surface area contributed by atoms with Crippen LogP contribution in [0.15, 0.2) is 67.0 Å². The van der Waals surface area contributed by atoms with Crippen molar-refractivity contribution in [3.05, 3.63) is 78.1 Å². The van der Waals surface area contributed by atoms with Crippen LogP contribution in [0.3, 0.4) is 0 Å². The molecule has 1 aliphatic rings. The summed E-state index contributed by atoms with van der Waals surface area (Å²) >= 11 is 0. The third-order valence-electron chi connectivity index (χ3n) is 4.16.